The second-order valence-electron chi connectivity index (χ2n) is 5.79. The van der Waals surface area contributed by atoms with Crippen LogP contribution in [-0.4, -0.2) is 29.3 Å². The third kappa shape index (κ3) is 5.78. The molecule has 0 saturated carbocycles. The van der Waals surface area contributed by atoms with Crippen molar-refractivity contribution in [3.63, 3.8) is 0 Å². The summed E-state index contributed by atoms with van der Waals surface area (Å²) in [6.45, 7) is 8.83. The third-order valence-electron chi connectivity index (χ3n) is 3.95. The molecule has 1 aliphatic heterocycles. The van der Waals surface area contributed by atoms with Gasteiger partial charge in [0.2, 0.25) is 5.43 Å². The number of nitrogens with one attached hydrogen (secondary N) is 1. The molecule has 0 radical (unpaired) electrons. The first-order chi connectivity index (χ1) is 13.2. The van der Waals surface area contributed by atoms with Crippen molar-refractivity contribution in [2.75, 3.05) is 29.9 Å². The van der Waals surface area contributed by atoms with Crippen LogP contribution in [0.1, 0.15) is 20.8 Å². The van der Waals surface area contributed by atoms with Crippen LogP contribution in [0.2, 0.25) is 0 Å². The molecule has 0 atom stereocenters. The summed E-state index contributed by atoms with van der Waals surface area (Å²) >= 11 is 0. The Kier molecular flexibility index (Phi) is 7.17. The summed E-state index contributed by atoms with van der Waals surface area (Å²) in [5.41, 5.74) is 3.48. The first-order valence-corrected chi connectivity index (χ1v) is 9.93. The minimum Gasteiger partial charge on any atom is -0.453 e. The van der Waals surface area contributed by atoms with E-state index >= 15 is 0 Å². The van der Waals surface area contributed by atoms with Gasteiger partial charge >= 0.3 is 0 Å². The monoisotopic (exact) mass is 411 g/mol. The van der Waals surface area contributed by atoms with E-state index in [0.29, 0.717) is 22.6 Å². The standard InChI is InChI=1S/C18H21N3O2.ClHO4/c1-4-19-12-9-15(22)18-17(10-12)23-16-11-13(21(5-2)6-3)7-8-14(16)20-18;2-1(3,4)5/h7-11,19H,4-6H2,1-3H3;(H,2,3,4,5). The Bertz CT molecular complexity index is 946. The number of hydrogen-bond donors (Lipinski definition) is 2. The van der Waals surface area contributed by atoms with Crippen molar-refractivity contribution < 1.29 is 33.3 Å². The van der Waals surface area contributed by atoms with E-state index in [-0.39, 0.29) is 5.43 Å². The minimum absolute atomic E-state index is 0.128. The first kappa shape index (κ1) is 21.9. The van der Waals surface area contributed by atoms with Gasteiger partial charge in [0, 0.05) is 49.2 Å². The summed E-state index contributed by atoms with van der Waals surface area (Å²) in [5, 5.41) is 3.14. The van der Waals surface area contributed by atoms with Crippen LogP contribution in [0.5, 0.6) is 0 Å². The lowest BCUT2D eigenvalue weighted by Gasteiger charge is -2.21. The number of halogens is 1. The van der Waals surface area contributed by atoms with Crippen LogP contribution in [0.4, 0.5) is 11.4 Å². The van der Waals surface area contributed by atoms with E-state index in [2.05, 4.69) is 29.0 Å². The van der Waals surface area contributed by atoms with Gasteiger partial charge < -0.3 is 14.6 Å². The van der Waals surface area contributed by atoms with E-state index in [4.69, 9.17) is 23.1 Å². The SMILES string of the molecule is CCNc1cc2oc3cc(N(CC)CC)ccc3nc-2c(=O)c1.[O-][Cl+3]([O-])([O-])O. The fraction of sp³-hybridized carbons (Fsp3) is 0.333. The molecule has 2 aliphatic rings. The van der Waals surface area contributed by atoms with Crippen molar-refractivity contribution in [2.24, 2.45) is 0 Å². The Labute approximate surface area is 163 Å². The molecule has 0 spiro atoms. The molecular weight excluding hydrogens is 390 g/mol. The van der Waals surface area contributed by atoms with Gasteiger partial charge in [-0.05, 0) is 32.9 Å². The molecule has 1 aromatic rings. The van der Waals surface area contributed by atoms with Gasteiger partial charge in [-0.2, -0.15) is 14.0 Å². The van der Waals surface area contributed by atoms with Crippen LogP contribution >= 0.6 is 0 Å². The fourth-order valence-electron chi connectivity index (χ4n) is 2.78. The smallest absolute Gasteiger partial charge is 0.210 e. The van der Waals surface area contributed by atoms with Crippen LogP contribution < -0.4 is 29.6 Å². The molecule has 0 saturated heterocycles. The van der Waals surface area contributed by atoms with Gasteiger partial charge in [-0.1, -0.05) is 0 Å². The van der Waals surface area contributed by atoms with Gasteiger partial charge in [0.25, 0.3) is 0 Å². The Hall–Kier alpha value is -2.43. The van der Waals surface area contributed by atoms with Crippen LogP contribution in [-0.2, 0) is 0 Å². The summed E-state index contributed by atoms with van der Waals surface area (Å²) in [6.07, 6.45) is 0. The third-order valence-corrected chi connectivity index (χ3v) is 3.95. The van der Waals surface area contributed by atoms with E-state index in [1.54, 1.807) is 6.07 Å². The average molecular weight is 412 g/mol. The molecule has 0 bridgehead atoms. The van der Waals surface area contributed by atoms with E-state index < -0.39 is 10.2 Å². The van der Waals surface area contributed by atoms with Crippen molar-refractivity contribution in [2.45, 2.75) is 20.8 Å². The number of benzene rings is 2. The molecule has 0 aromatic heterocycles. The summed E-state index contributed by atoms with van der Waals surface area (Å²) in [4.78, 5) is 18.9. The lowest BCUT2D eigenvalue weighted by Crippen LogP contribution is -2.58. The predicted molar refractivity (Wildman–Crippen MR) is 96.8 cm³/mol. The van der Waals surface area contributed by atoms with Crippen molar-refractivity contribution >= 4 is 22.5 Å². The fourth-order valence-corrected chi connectivity index (χ4v) is 2.78. The van der Waals surface area contributed by atoms with Crippen molar-refractivity contribution in [3.05, 3.63) is 40.6 Å². The molecule has 152 valence electrons. The molecule has 1 aliphatic carbocycles. The lowest BCUT2D eigenvalue weighted by molar-refractivity contribution is -1.92. The van der Waals surface area contributed by atoms with Crippen LogP contribution in [0.3, 0.4) is 0 Å². The molecule has 9 nitrogen and oxygen atoms in total. The molecular formula is C18H22ClN3O6. The van der Waals surface area contributed by atoms with Crippen molar-refractivity contribution in [1.82, 2.24) is 4.98 Å². The van der Waals surface area contributed by atoms with Gasteiger partial charge in [-0.25, -0.2) is 4.98 Å². The number of aromatic nitrogens is 1. The van der Waals surface area contributed by atoms with Crippen molar-refractivity contribution in [3.8, 4) is 11.5 Å². The second-order valence-corrected chi connectivity index (χ2v) is 6.58. The molecule has 10 heteroatoms. The second kappa shape index (κ2) is 9.18. The van der Waals surface area contributed by atoms with E-state index in [9.17, 15) is 4.79 Å². The Morgan fingerprint density at radius 3 is 2.36 bits per heavy atom. The van der Waals surface area contributed by atoms with E-state index in [0.717, 1.165) is 31.0 Å². The minimum atomic E-state index is -4.69. The largest absolute Gasteiger partial charge is 0.453 e. The van der Waals surface area contributed by atoms with Gasteiger partial charge in [0.15, 0.2) is 17.0 Å². The summed E-state index contributed by atoms with van der Waals surface area (Å²) in [6, 6.07) is 9.30. The van der Waals surface area contributed by atoms with E-state index in [1.165, 1.54) is 0 Å². The molecule has 0 unspecified atom stereocenters. The van der Waals surface area contributed by atoms with Gasteiger partial charge in [-0.15, -0.1) is 0 Å². The highest BCUT2D eigenvalue weighted by Crippen LogP contribution is 2.27. The molecule has 3 rings (SSSR count). The highest BCUT2D eigenvalue weighted by molar-refractivity contribution is 5.80. The Morgan fingerprint density at radius 1 is 1.14 bits per heavy atom. The number of anilines is 2. The number of fused-ring (bicyclic) bond motifs is 2. The van der Waals surface area contributed by atoms with Crippen LogP contribution in [0.25, 0.3) is 22.6 Å². The maximum Gasteiger partial charge on any atom is 0.210 e. The molecule has 0 amide bonds. The number of hydrogen-bond acceptors (Lipinski definition) is 9. The number of rotatable bonds is 5. The Balaban J connectivity index is 0.000000500. The van der Waals surface area contributed by atoms with Crippen molar-refractivity contribution in [1.29, 1.82) is 0 Å². The highest BCUT2D eigenvalue weighted by Gasteiger charge is 2.15. The van der Waals surface area contributed by atoms with Crippen LogP contribution in [0, 0.1) is 10.2 Å². The average Bonchev–Trinajstić information content (AvgIpc) is 2.60. The highest BCUT2D eigenvalue weighted by atomic mass is 35.7. The maximum atomic E-state index is 12.2. The number of nitrogens with zero attached hydrogens (tertiary/aromatic N) is 2. The maximum absolute atomic E-state index is 12.2. The zero-order chi connectivity index (χ0) is 20.9. The van der Waals surface area contributed by atoms with E-state index in [1.807, 2.05) is 31.2 Å². The molecule has 1 heterocycles. The summed E-state index contributed by atoms with van der Waals surface area (Å²) < 4.78 is 38.7. The van der Waals surface area contributed by atoms with Gasteiger partial charge in [0.1, 0.15) is 5.52 Å². The molecule has 28 heavy (non-hydrogen) atoms. The first-order valence-electron chi connectivity index (χ1n) is 8.67. The zero-order valence-corrected chi connectivity index (χ0v) is 16.5. The normalized spacial score (nSPS) is 11.2. The quantitative estimate of drug-likeness (QED) is 0.527. The summed E-state index contributed by atoms with van der Waals surface area (Å²) in [7, 11) is -4.69. The molecule has 1 aromatic carbocycles. The van der Waals surface area contributed by atoms with Gasteiger partial charge in [-0.3, -0.25) is 4.79 Å². The Morgan fingerprint density at radius 2 is 1.79 bits per heavy atom. The lowest BCUT2D eigenvalue weighted by atomic mass is 10.2. The van der Waals surface area contributed by atoms with Crippen LogP contribution in [0.15, 0.2) is 39.5 Å². The molecule has 0 fully saturated rings. The summed E-state index contributed by atoms with van der Waals surface area (Å²) in [5.74, 6) is 0.512. The zero-order valence-electron chi connectivity index (χ0n) is 15.8. The topological polar surface area (TPSA) is 148 Å². The predicted octanol–water partition coefficient (Wildman–Crippen LogP) is -0.553. The molecule has 2 N–H and O–H groups in total. The van der Waals surface area contributed by atoms with Gasteiger partial charge in [0.05, 0.1) is 14.9 Å².